The van der Waals surface area contributed by atoms with E-state index in [9.17, 15) is 0 Å². The molecule has 0 unspecified atom stereocenters. The van der Waals surface area contributed by atoms with E-state index in [1.54, 1.807) is 0 Å². The minimum absolute atomic E-state index is 0.127. The highest BCUT2D eigenvalue weighted by Crippen LogP contribution is 2.32. The Morgan fingerprint density at radius 1 is 1.00 bits per heavy atom. The van der Waals surface area contributed by atoms with Crippen LogP contribution in [0.15, 0.2) is 60.9 Å². The number of hydrogen-bond acceptors (Lipinski definition) is 3. The second kappa shape index (κ2) is 8.88. The first-order chi connectivity index (χ1) is 13.8. The minimum atomic E-state index is -0.127. The molecule has 0 saturated carbocycles. The van der Waals surface area contributed by atoms with Crippen molar-refractivity contribution >= 4 is 0 Å². The number of ether oxygens (including phenoxy) is 1. The van der Waals surface area contributed by atoms with E-state index in [-0.39, 0.29) is 6.61 Å². The van der Waals surface area contributed by atoms with Gasteiger partial charge in [0.05, 0.1) is 17.7 Å². The summed E-state index contributed by atoms with van der Waals surface area (Å²) in [6.45, 7) is 2.51. The van der Waals surface area contributed by atoms with Gasteiger partial charge in [0.25, 0.3) is 0 Å². The fourth-order valence-electron chi connectivity index (χ4n) is 3.69. The molecule has 0 bridgehead atoms. The normalized spacial score (nSPS) is 14.5. The van der Waals surface area contributed by atoms with Gasteiger partial charge in [0.1, 0.15) is 6.61 Å². The van der Waals surface area contributed by atoms with Crippen LogP contribution in [-0.2, 0) is 11.3 Å². The molecule has 0 spiro atoms. The van der Waals surface area contributed by atoms with Crippen LogP contribution >= 0.6 is 0 Å². The van der Waals surface area contributed by atoms with Crippen molar-refractivity contribution in [2.24, 2.45) is 5.92 Å². The molecule has 1 fully saturated rings. The Labute approximate surface area is 165 Å². The molecule has 1 N–H and O–H groups in total. The van der Waals surface area contributed by atoms with Crippen molar-refractivity contribution in [1.82, 2.24) is 9.55 Å². The summed E-state index contributed by atoms with van der Waals surface area (Å²) < 4.78 is 7.80. The molecule has 142 valence electrons. The number of aliphatic hydroxyl groups excluding tert-OH is 1. The van der Waals surface area contributed by atoms with E-state index in [0.717, 1.165) is 60.7 Å². The average molecular weight is 372 g/mol. The lowest BCUT2D eigenvalue weighted by molar-refractivity contribution is 0.0614. The Hall–Kier alpha value is -2.87. The van der Waals surface area contributed by atoms with Crippen molar-refractivity contribution in [2.75, 3.05) is 19.8 Å². The Kier molecular flexibility index (Phi) is 5.86. The number of imidazole rings is 1. The summed E-state index contributed by atoms with van der Waals surface area (Å²) in [6.07, 6.45) is 4.15. The minimum Gasteiger partial charge on any atom is -0.384 e. The molecular formula is C24H24N2O2. The van der Waals surface area contributed by atoms with Crippen LogP contribution in [0.5, 0.6) is 0 Å². The van der Waals surface area contributed by atoms with E-state index in [2.05, 4.69) is 40.7 Å². The van der Waals surface area contributed by atoms with Crippen LogP contribution in [0.2, 0.25) is 0 Å². The molecule has 3 aromatic rings. The van der Waals surface area contributed by atoms with E-state index in [1.165, 1.54) is 0 Å². The van der Waals surface area contributed by atoms with Gasteiger partial charge >= 0.3 is 0 Å². The highest BCUT2D eigenvalue weighted by molar-refractivity contribution is 5.78. The number of nitrogens with zero attached hydrogens (tertiary/aromatic N) is 2. The second-order valence-electron chi connectivity index (χ2n) is 7.05. The molecule has 1 aliphatic heterocycles. The predicted molar refractivity (Wildman–Crippen MR) is 111 cm³/mol. The van der Waals surface area contributed by atoms with E-state index >= 15 is 0 Å². The van der Waals surface area contributed by atoms with Gasteiger partial charge in [0, 0.05) is 36.4 Å². The van der Waals surface area contributed by atoms with Crippen molar-refractivity contribution < 1.29 is 9.84 Å². The Balaban J connectivity index is 1.72. The van der Waals surface area contributed by atoms with Crippen molar-refractivity contribution in [3.63, 3.8) is 0 Å². The van der Waals surface area contributed by atoms with Gasteiger partial charge in [-0.3, -0.25) is 0 Å². The smallest absolute Gasteiger partial charge is 0.104 e. The molecule has 4 heteroatoms. The van der Waals surface area contributed by atoms with Gasteiger partial charge in [-0.25, -0.2) is 4.98 Å². The zero-order valence-electron chi connectivity index (χ0n) is 15.8. The molecule has 4 nitrogen and oxygen atoms in total. The van der Waals surface area contributed by atoms with Crippen LogP contribution in [0.25, 0.3) is 22.5 Å². The van der Waals surface area contributed by atoms with Crippen LogP contribution in [0, 0.1) is 17.8 Å². The van der Waals surface area contributed by atoms with E-state index in [0.29, 0.717) is 5.92 Å². The van der Waals surface area contributed by atoms with Gasteiger partial charge in [-0.2, -0.15) is 0 Å². The zero-order valence-corrected chi connectivity index (χ0v) is 15.8. The standard InChI is InChI=1S/C24H24N2O2/c27-14-4-5-19-8-10-22(11-9-19)24-23(21-6-2-1-3-7-21)25-18-26(24)17-20-12-15-28-16-13-20/h1-3,6-11,18,20,27H,12-17H2. The summed E-state index contributed by atoms with van der Waals surface area (Å²) in [6, 6.07) is 18.5. The van der Waals surface area contributed by atoms with Crippen LogP contribution < -0.4 is 0 Å². The summed E-state index contributed by atoms with van der Waals surface area (Å²) in [4.78, 5) is 4.77. The predicted octanol–water partition coefficient (Wildman–Crippen LogP) is 3.99. The molecular weight excluding hydrogens is 348 g/mol. The number of aliphatic hydroxyl groups is 1. The van der Waals surface area contributed by atoms with Gasteiger partial charge in [0.15, 0.2) is 0 Å². The highest BCUT2D eigenvalue weighted by atomic mass is 16.5. The molecule has 0 radical (unpaired) electrons. The quantitative estimate of drug-likeness (QED) is 0.705. The summed E-state index contributed by atoms with van der Waals surface area (Å²) in [5.41, 5.74) is 5.28. The fraction of sp³-hybridized carbons (Fsp3) is 0.292. The SMILES string of the molecule is OCC#Cc1ccc(-c2c(-c3ccccc3)ncn2CC2CCOCC2)cc1. The Morgan fingerprint density at radius 3 is 2.46 bits per heavy atom. The molecule has 1 aliphatic rings. The fourth-order valence-corrected chi connectivity index (χ4v) is 3.69. The Bertz CT molecular complexity index is 959. The third-order valence-corrected chi connectivity index (χ3v) is 5.15. The number of hydrogen-bond donors (Lipinski definition) is 1. The summed E-state index contributed by atoms with van der Waals surface area (Å²) >= 11 is 0. The molecule has 28 heavy (non-hydrogen) atoms. The van der Waals surface area contributed by atoms with E-state index in [4.69, 9.17) is 14.8 Å². The highest BCUT2D eigenvalue weighted by Gasteiger charge is 2.19. The molecule has 2 heterocycles. The maximum absolute atomic E-state index is 8.89. The Morgan fingerprint density at radius 2 is 1.75 bits per heavy atom. The molecule has 0 aliphatic carbocycles. The first-order valence-corrected chi connectivity index (χ1v) is 9.73. The topological polar surface area (TPSA) is 47.3 Å². The van der Waals surface area contributed by atoms with Crippen molar-refractivity contribution in [3.8, 4) is 34.4 Å². The third kappa shape index (κ3) is 4.17. The van der Waals surface area contributed by atoms with E-state index < -0.39 is 0 Å². The van der Waals surface area contributed by atoms with Gasteiger partial charge in [-0.1, -0.05) is 54.3 Å². The second-order valence-corrected chi connectivity index (χ2v) is 7.05. The van der Waals surface area contributed by atoms with Gasteiger partial charge < -0.3 is 14.4 Å². The molecule has 4 rings (SSSR count). The van der Waals surface area contributed by atoms with Gasteiger partial charge in [-0.15, -0.1) is 0 Å². The lowest BCUT2D eigenvalue weighted by Gasteiger charge is -2.23. The largest absolute Gasteiger partial charge is 0.384 e. The van der Waals surface area contributed by atoms with Crippen molar-refractivity contribution in [2.45, 2.75) is 19.4 Å². The zero-order chi connectivity index (χ0) is 19.2. The maximum atomic E-state index is 8.89. The number of benzene rings is 2. The summed E-state index contributed by atoms with van der Waals surface area (Å²) in [5.74, 6) is 6.27. The van der Waals surface area contributed by atoms with Crippen molar-refractivity contribution in [3.05, 3.63) is 66.5 Å². The average Bonchev–Trinajstić information content (AvgIpc) is 3.17. The van der Waals surface area contributed by atoms with E-state index in [1.807, 2.05) is 36.7 Å². The lowest BCUT2D eigenvalue weighted by Crippen LogP contribution is -2.20. The summed E-state index contributed by atoms with van der Waals surface area (Å²) in [7, 11) is 0. The lowest BCUT2D eigenvalue weighted by atomic mass is 9.99. The molecule has 0 atom stereocenters. The molecule has 2 aromatic carbocycles. The first kappa shape index (κ1) is 18.5. The van der Waals surface area contributed by atoms with Crippen molar-refractivity contribution in [1.29, 1.82) is 0 Å². The molecule has 0 amide bonds. The molecule has 1 saturated heterocycles. The van der Waals surface area contributed by atoms with Gasteiger partial charge in [0.2, 0.25) is 0 Å². The summed E-state index contributed by atoms with van der Waals surface area (Å²) in [5, 5.41) is 8.89. The molecule has 1 aromatic heterocycles. The monoisotopic (exact) mass is 372 g/mol. The number of aromatic nitrogens is 2. The van der Waals surface area contributed by atoms with Crippen LogP contribution in [-0.4, -0.2) is 34.5 Å². The number of rotatable bonds is 4. The maximum Gasteiger partial charge on any atom is 0.104 e. The van der Waals surface area contributed by atoms with Gasteiger partial charge in [-0.05, 0) is 30.9 Å². The third-order valence-electron chi connectivity index (χ3n) is 5.15. The van der Waals surface area contributed by atoms with Crippen LogP contribution in [0.3, 0.4) is 0 Å². The first-order valence-electron chi connectivity index (χ1n) is 9.73. The van der Waals surface area contributed by atoms with Crippen LogP contribution in [0.4, 0.5) is 0 Å². The van der Waals surface area contributed by atoms with Crippen LogP contribution in [0.1, 0.15) is 18.4 Å².